The maximum atomic E-state index is 13.3. The first-order chi connectivity index (χ1) is 9.96. The van der Waals surface area contributed by atoms with Crippen LogP contribution < -0.4 is 0 Å². The lowest BCUT2D eigenvalue weighted by atomic mass is 10.3. The third-order valence-electron chi connectivity index (χ3n) is 3.29. The Kier molecular flexibility index (Phi) is 3.54. The second kappa shape index (κ2) is 5.23. The van der Waals surface area contributed by atoms with Gasteiger partial charge in [0.05, 0.1) is 17.7 Å². The van der Waals surface area contributed by atoms with Crippen LogP contribution in [0.5, 0.6) is 0 Å². The van der Waals surface area contributed by atoms with Crippen molar-refractivity contribution in [2.24, 2.45) is 0 Å². The molecule has 0 spiro atoms. The van der Waals surface area contributed by atoms with Crippen molar-refractivity contribution in [1.29, 1.82) is 0 Å². The molecule has 4 nitrogen and oxygen atoms in total. The van der Waals surface area contributed by atoms with E-state index >= 15 is 0 Å². The van der Waals surface area contributed by atoms with Gasteiger partial charge in [0.1, 0.15) is 17.4 Å². The quantitative estimate of drug-likeness (QED) is 0.853. The van der Waals surface area contributed by atoms with Gasteiger partial charge >= 0.3 is 0 Å². The smallest absolute Gasteiger partial charge is 0.243 e. The Morgan fingerprint density at radius 1 is 1.19 bits per heavy atom. The van der Waals surface area contributed by atoms with Crippen LogP contribution in [0.1, 0.15) is 18.6 Å². The lowest BCUT2D eigenvalue weighted by Gasteiger charge is -2.20. The van der Waals surface area contributed by atoms with Crippen LogP contribution in [0.3, 0.4) is 0 Å². The molecule has 1 aliphatic carbocycles. The van der Waals surface area contributed by atoms with Gasteiger partial charge < -0.3 is 4.42 Å². The van der Waals surface area contributed by atoms with Crippen LogP contribution in [0, 0.1) is 11.6 Å². The molecule has 1 aromatic heterocycles. The predicted molar refractivity (Wildman–Crippen MR) is 70.8 cm³/mol. The first-order valence-corrected chi connectivity index (χ1v) is 7.91. The fourth-order valence-corrected chi connectivity index (χ4v) is 3.84. The van der Waals surface area contributed by atoms with E-state index in [2.05, 4.69) is 0 Å². The van der Waals surface area contributed by atoms with Crippen LogP contribution in [-0.4, -0.2) is 18.8 Å². The molecule has 0 unspecified atom stereocenters. The van der Waals surface area contributed by atoms with Crippen LogP contribution in [0.15, 0.2) is 45.9 Å². The zero-order valence-electron chi connectivity index (χ0n) is 11.0. The van der Waals surface area contributed by atoms with Gasteiger partial charge in [-0.15, -0.1) is 0 Å². The molecule has 1 aromatic carbocycles. The van der Waals surface area contributed by atoms with Crippen LogP contribution in [0.25, 0.3) is 0 Å². The highest BCUT2D eigenvalue weighted by molar-refractivity contribution is 7.89. The van der Waals surface area contributed by atoms with E-state index in [9.17, 15) is 17.2 Å². The summed E-state index contributed by atoms with van der Waals surface area (Å²) >= 11 is 0. The molecule has 3 rings (SSSR count). The molecule has 0 amide bonds. The highest BCUT2D eigenvalue weighted by atomic mass is 32.2. The molecule has 1 heterocycles. The molecule has 0 bridgehead atoms. The Hall–Kier alpha value is -1.73. The topological polar surface area (TPSA) is 50.5 Å². The zero-order chi connectivity index (χ0) is 15.0. The number of hydrogen-bond acceptors (Lipinski definition) is 3. The van der Waals surface area contributed by atoms with E-state index in [4.69, 9.17) is 4.42 Å². The van der Waals surface area contributed by atoms with Crippen molar-refractivity contribution < 1.29 is 21.6 Å². The largest absolute Gasteiger partial charge is 0.468 e. The summed E-state index contributed by atoms with van der Waals surface area (Å²) in [5, 5.41) is 0. The van der Waals surface area contributed by atoms with Crippen LogP contribution >= 0.6 is 0 Å². The summed E-state index contributed by atoms with van der Waals surface area (Å²) in [6.45, 7) is 0.0537. The van der Waals surface area contributed by atoms with Gasteiger partial charge in [0.2, 0.25) is 10.0 Å². The fraction of sp³-hybridized carbons (Fsp3) is 0.286. The Balaban J connectivity index is 1.97. The third-order valence-corrected chi connectivity index (χ3v) is 5.16. The Morgan fingerprint density at radius 2 is 1.86 bits per heavy atom. The number of furan rings is 1. The van der Waals surface area contributed by atoms with Crippen molar-refractivity contribution in [2.45, 2.75) is 30.3 Å². The van der Waals surface area contributed by atoms with Gasteiger partial charge in [-0.3, -0.25) is 0 Å². The lowest BCUT2D eigenvalue weighted by molar-refractivity contribution is 0.356. The van der Waals surface area contributed by atoms with Crippen LogP contribution in [-0.2, 0) is 16.6 Å². The van der Waals surface area contributed by atoms with Gasteiger partial charge in [-0.1, -0.05) is 0 Å². The summed E-state index contributed by atoms with van der Waals surface area (Å²) in [6, 6.07) is 5.48. The Morgan fingerprint density at radius 3 is 2.38 bits per heavy atom. The van der Waals surface area contributed by atoms with Gasteiger partial charge in [-0.25, -0.2) is 17.2 Å². The SMILES string of the molecule is O=S(=O)(c1cc(F)cc(F)c1)N(Cc1ccco1)C1CC1. The number of hydrogen-bond donors (Lipinski definition) is 0. The minimum atomic E-state index is -3.97. The highest BCUT2D eigenvalue weighted by Gasteiger charge is 2.38. The monoisotopic (exact) mass is 313 g/mol. The number of benzene rings is 1. The predicted octanol–water partition coefficient (Wildman–Crippen LogP) is 2.91. The van der Waals surface area contributed by atoms with E-state index < -0.39 is 21.7 Å². The molecule has 0 aliphatic heterocycles. The average Bonchev–Trinajstić information content (AvgIpc) is 3.11. The minimum Gasteiger partial charge on any atom is -0.468 e. The van der Waals surface area contributed by atoms with E-state index in [1.807, 2.05) is 0 Å². The molecule has 1 fully saturated rings. The van der Waals surface area contributed by atoms with Crippen molar-refractivity contribution in [1.82, 2.24) is 4.31 Å². The summed E-state index contributed by atoms with van der Waals surface area (Å²) in [6.07, 6.45) is 2.92. The Bertz CT molecular complexity index is 719. The second-order valence-electron chi connectivity index (χ2n) is 4.97. The van der Waals surface area contributed by atoms with Gasteiger partial charge in [0, 0.05) is 12.1 Å². The number of nitrogens with zero attached hydrogens (tertiary/aromatic N) is 1. The van der Waals surface area contributed by atoms with E-state index in [1.165, 1.54) is 10.6 Å². The molecular weight excluding hydrogens is 300 g/mol. The number of halogens is 2. The summed E-state index contributed by atoms with van der Waals surface area (Å²) in [7, 11) is -3.97. The van der Waals surface area contributed by atoms with Crippen molar-refractivity contribution in [3.05, 3.63) is 54.0 Å². The van der Waals surface area contributed by atoms with Crippen LogP contribution in [0.2, 0.25) is 0 Å². The molecule has 0 saturated heterocycles. The maximum absolute atomic E-state index is 13.3. The number of sulfonamides is 1. The zero-order valence-corrected chi connectivity index (χ0v) is 11.8. The molecule has 0 N–H and O–H groups in total. The summed E-state index contributed by atoms with van der Waals surface area (Å²) < 4.78 is 58.1. The van der Waals surface area contributed by atoms with Crippen molar-refractivity contribution in [2.75, 3.05) is 0 Å². The van der Waals surface area contributed by atoms with Gasteiger partial charge in [-0.05, 0) is 37.1 Å². The van der Waals surface area contributed by atoms with E-state index in [1.54, 1.807) is 12.1 Å². The van der Waals surface area contributed by atoms with Gasteiger partial charge in [0.25, 0.3) is 0 Å². The molecule has 1 aliphatic rings. The summed E-state index contributed by atoms with van der Waals surface area (Å²) in [4.78, 5) is -0.376. The molecule has 7 heteroatoms. The number of rotatable bonds is 5. The van der Waals surface area contributed by atoms with E-state index in [0.717, 1.165) is 25.0 Å². The van der Waals surface area contributed by atoms with Gasteiger partial charge in [-0.2, -0.15) is 4.31 Å². The molecule has 0 atom stereocenters. The molecule has 21 heavy (non-hydrogen) atoms. The second-order valence-corrected chi connectivity index (χ2v) is 6.86. The molecule has 112 valence electrons. The maximum Gasteiger partial charge on any atom is 0.243 e. The minimum absolute atomic E-state index is 0.0537. The molecule has 2 aromatic rings. The first kappa shape index (κ1) is 14.2. The standard InChI is InChI=1S/C14H13F2NO3S/c15-10-6-11(16)8-14(7-10)21(18,19)17(12-3-4-12)9-13-2-1-5-20-13/h1-2,5-8,12H,3-4,9H2. The molecule has 1 saturated carbocycles. The van der Waals surface area contributed by atoms with Crippen LogP contribution in [0.4, 0.5) is 8.78 Å². The first-order valence-electron chi connectivity index (χ1n) is 6.47. The van der Waals surface area contributed by atoms with E-state index in [-0.39, 0.29) is 17.5 Å². The third kappa shape index (κ3) is 2.98. The van der Waals surface area contributed by atoms with Crippen molar-refractivity contribution >= 4 is 10.0 Å². The summed E-state index contributed by atoms with van der Waals surface area (Å²) in [5.41, 5.74) is 0. The molecule has 0 radical (unpaired) electrons. The Labute approximate surface area is 121 Å². The fourth-order valence-electron chi connectivity index (χ4n) is 2.14. The van der Waals surface area contributed by atoms with E-state index in [0.29, 0.717) is 11.8 Å². The summed E-state index contributed by atoms with van der Waals surface area (Å²) in [5.74, 6) is -1.34. The average molecular weight is 313 g/mol. The van der Waals surface area contributed by atoms with Crippen molar-refractivity contribution in [3.63, 3.8) is 0 Å². The van der Waals surface area contributed by atoms with Crippen molar-refractivity contribution in [3.8, 4) is 0 Å². The molecular formula is C14H13F2NO3S. The highest BCUT2D eigenvalue weighted by Crippen LogP contribution is 2.33. The van der Waals surface area contributed by atoms with Gasteiger partial charge in [0.15, 0.2) is 0 Å². The lowest BCUT2D eigenvalue weighted by Crippen LogP contribution is -2.32. The normalized spacial score (nSPS) is 15.6.